The number of piperidine rings is 1. The van der Waals surface area contributed by atoms with Gasteiger partial charge in [0.05, 0.1) is 6.04 Å². The lowest BCUT2D eigenvalue weighted by atomic mass is 9.79. The Labute approximate surface area is 157 Å². The Morgan fingerprint density at radius 2 is 1.77 bits per heavy atom. The second-order valence-electron chi connectivity index (χ2n) is 8.47. The van der Waals surface area contributed by atoms with Gasteiger partial charge in [0.15, 0.2) is 0 Å². The van der Waals surface area contributed by atoms with Gasteiger partial charge >= 0.3 is 0 Å². The van der Waals surface area contributed by atoms with Crippen molar-refractivity contribution in [2.75, 3.05) is 6.54 Å². The van der Waals surface area contributed by atoms with Crippen LogP contribution >= 0.6 is 0 Å². The first-order chi connectivity index (χ1) is 12.7. The molecule has 2 saturated carbocycles. The number of likely N-dealkylation sites (tertiary alicyclic amines) is 1. The number of fused-ring (bicyclic) bond motifs is 3. The summed E-state index contributed by atoms with van der Waals surface area (Å²) in [5.41, 5.74) is 6.64. The number of hydrogen-bond acceptors (Lipinski definition) is 2. The third-order valence-corrected chi connectivity index (χ3v) is 6.97. The van der Waals surface area contributed by atoms with E-state index in [2.05, 4.69) is 13.0 Å². The van der Waals surface area contributed by atoms with Gasteiger partial charge in [-0.3, -0.25) is 4.79 Å². The van der Waals surface area contributed by atoms with E-state index in [0.29, 0.717) is 11.5 Å². The van der Waals surface area contributed by atoms with Crippen molar-refractivity contribution in [3.8, 4) is 6.07 Å². The molecule has 2 bridgehead atoms. The van der Waals surface area contributed by atoms with Gasteiger partial charge in [-0.25, -0.2) is 0 Å². The molecule has 1 heterocycles. The number of carbonyl (C=O) groups excluding carboxylic acids is 1. The van der Waals surface area contributed by atoms with Gasteiger partial charge in [0.2, 0.25) is 0 Å². The van der Waals surface area contributed by atoms with Crippen molar-refractivity contribution in [1.29, 1.82) is 5.26 Å². The average Bonchev–Trinajstić information content (AvgIpc) is 3.02. The zero-order valence-electron chi connectivity index (χ0n) is 16.0. The highest BCUT2D eigenvalue weighted by Gasteiger charge is 2.36. The van der Waals surface area contributed by atoms with Gasteiger partial charge in [0.25, 0.3) is 5.91 Å². The van der Waals surface area contributed by atoms with Crippen molar-refractivity contribution in [2.24, 2.45) is 5.92 Å². The molecule has 1 atom stereocenters. The van der Waals surface area contributed by atoms with Gasteiger partial charge in [-0.2, -0.15) is 5.26 Å². The fourth-order valence-corrected chi connectivity index (χ4v) is 5.61. The third kappa shape index (κ3) is 3.15. The van der Waals surface area contributed by atoms with Gasteiger partial charge in [-0.1, -0.05) is 36.5 Å². The van der Waals surface area contributed by atoms with Gasteiger partial charge in [-0.15, -0.1) is 0 Å². The Hall–Kier alpha value is -1.82. The number of carbonyl (C=O) groups is 1. The number of hydrogen-bond donors (Lipinski definition) is 0. The van der Waals surface area contributed by atoms with Crippen molar-refractivity contribution in [1.82, 2.24) is 4.90 Å². The van der Waals surface area contributed by atoms with E-state index in [0.717, 1.165) is 25.8 Å². The minimum atomic E-state index is -0.0390. The molecule has 26 heavy (non-hydrogen) atoms. The van der Waals surface area contributed by atoms with Crippen molar-refractivity contribution in [2.45, 2.75) is 83.6 Å². The van der Waals surface area contributed by atoms with Gasteiger partial charge in [0, 0.05) is 6.54 Å². The predicted molar refractivity (Wildman–Crippen MR) is 103 cm³/mol. The molecule has 1 aliphatic heterocycles. The second kappa shape index (κ2) is 7.43. The fraction of sp³-hybridized carbons (Fsp3) is 0.652. The minimum Gasteiger partial charge on any atom is -0.331 e. The summed E-state index contributed by atoms with van der Waals surface area (Å²) in [5, 5.41) is 9.64. The van der Waals surface area contributed by atoms with E-state index in [-0.39, 0.29) is 11.9 Å². The minimum absolute atomic E-state index is 0.0390. The van der Waals surface area contributed by atoms with E-state index >= 15 is 0 Å². The summed E-state index contributed by atoms with van der Waals surface area (Å²) >= 11 is 0. The van der Waals surface area contributed by atoms with Crippen LogP contribution in [0.5, 0.6) is 0 Å². The molecule has 0 N–H and O–H groups in total. The molecule has 1 amide bonds. The van der Waals surface area contributed by atoms with Crippen LogP contribution in [0.25, 0.3) is 0 Å². The van der Waals surface area contributed by atoms with Crippen LogP contribution in [0, 0.1) is 17.2 Å². The standard InChI is InChI=1S/C23H30N2O/c1-16-22-19-9-5-8-18(10-11-19)21(22)12-13-25(16)23(26)20(15-24)14-17-6-3-2-4-7-17/h14,16-17H,2-13H2,1H3/b20-14-. The lowest BCUT2D eigenvalue weighted by molar-refractivity contribution is -0.128. The van der Waals surface area contributed by atoms with Crippen molar-refractivity contribution < 1.29 is 4.79 Å². The van der Waals surface area contributed by atoms with Gasteiger partial charge in [0.1, 0.15) is 11.6 Å². The fourth-order valence-electron chi connectivity index (χ4n) is 5.61. The normalized spacial score (nSPS) is 27.3. The van der Waals surface area contributed by atoms with Gasteiger partial charge in [-0.05, 0) is 75.4 Å². The first kappa shape index (κ1) is 17.6. The number of nitriles is 1. The summed E-state index contributed by atoms with van der Waals surface area (Å²) in [4.78, 5) is 15.2. The van der Waals surface area contributed by atoms with Crippen molar-refractivity contribution in [3.63, 3.8) is 0 Å². The molecule has 138 valence electrons. The molecule has 1 unspecified atom stereocenters. The highest BCUT2D eigenvalue weighted by Crippen LogP contribution is 2.45. The molecule has 4 aliphatic carbocycles. The SMILES string of the molecule is CC1C2=C3CCCC(=C2CCN1C(=O)/C(C#N)=C\C1CCCCC1)CC3. The lowest BCUT2D eigenvalue weighted by Gasteiger charge is -2.40. The Morgan fingerprint density at radius 3 is 2.54 bits per heavy atom. The van der Waals surface area contributed by atoms with Crippen LogP contribution < -0.4 is 0 Å². The number of nitrogens with zero attached hydrogens (tertiary/aromatic N) is 2. The van der Waals surface area contributed by atoms with E-state index in [9.17, 15) is 10.1 Å². The molecule has 1 saturated heterocycles. The third-order valence-electron chi connectivity index (χ3n) is 6.97. The zero-order valence-corrected chi connectivity index (χ0v) is 16.0. The molecular formula is C23H30N2O. The summed E-state index contributed by atoms with van der Waals surface area (Å²) < 4.78 is 0. The van der Waals surface area contributed by atoms with E-state index < -0.39 is 0 Å². The Kier molecular flexibility index (Phi) is 5.02. The lowest BCUT2D eigenvalue weighted by Crippen LogP contribution is -2.45. The highest BCUT2D eigenvalue weighted by atomic mass is 16.2. The molecule has 0 spiro atoms. The molecule has 5 aliphatic rings. The molecule has 0 aromatic rings. The molecule has 3 heteroatoms. The van der Waals surface area contributed by atoms with Crippen LogP contribution in [-0.2, 0) is 4.79 Å². The number of allylic oxidation sites excluding steroid dienone is 3. The van der Waals surface area contributed by atoms with Crippen LogP contribution in [0.3, 0.4) is 0 Å². The molecule has 0 aromatic carbocycles. The monoisotopic (exact) mass is 350 g/mol. The quantitative estimate of drug-likeness (QED) is 0.507. The molecule has 3 fully saturated rings. The molecule has 0 radical (unpaired) electrons. The van der Waals surface area contributed by atoms with Gasteiger partial charge < -0.3 is 4.90 Å². The molecule has 5 rings (SSSR count). The van der Waals surface area contributed by atoms with E-state index in [1.807, 2.05) is 11.0 Å². The Bertz CT molecular complexity index is 720. The Balaban J connectivity index is 1.58. The zero-order chi connectivity index (χ0) is 18.1. The van der Waals surface area contributed by atoms with Crippen molar-refractivity contribution >= 4 is 5.91 Å². The van der Waals surface area contributed by atoms with Crippen LogP contribution in [0.15, 0.2) is 33.9 Å². The topological polar surface area (TPSA) is 44.1 Å². The highest BCUT2D eigenvalue weighted by molar-refractivity contribution is 5.98. The maximum Gasteiger partial charge on any atom is 0.264 e. The summed E-state index contributed by atoms with van der Waals surface area (Å²) in [6, 6.07) is 2.35. The maximum atomic E-state index is 13.2. The largest absolute Gasteiger partial charge is 0.331 e. The van der Waals surface area contributed by atoms with Crippen LogP contribution in [0.4, 0.5) is 0 Å². The van der Waals surface area contributed by atoms with Crippen molar-refractivity contribution in [3.05, 3.63) is 33.9 Å². The molecular weight excluding hydrogens is 320 g/mol. The second-order valence-corrected chi connectivity index (χ2v) is 8.47. The number of rotatable bonds is 2. The summed E-state index contributed by atoms with van der Waals surface area (Å²) in [6.45, 7) is 2.94. The molecule has 0 aromatic heterocycles. The first-order valence-electron chi connectivity index (χ1n) is 10.5. The summed E-state index contributed by atoms with van der Waals surface area (Å²) in [5.74, 6) is 0.374. The van der Waals surface area contributed by atoms with E-state index in [4.69, 9.17) is 0 Å². The molecule has 3 nitrogen and oxygen atoms in total. The first-order valence-corrected chi connectivity index (χ1v) is 10.5. The van der Waals surface area contributed by atoms with Crippen LogP contribution in [0.1, 0.15) is 77.6 Å². The van der Waals surface area contributed by atoms with E-state index in [1.165, 1.54) is 56.9 Å². The average molecular weight is 351 g/mol. The predicted octanol–water partition coefficient (Wildman–Crippen LogP) is 5.21. The van der Waals surface area contributed by atoms with E-state index in [1.54, 1.807) is 16.7 Å². The summed E-state index contributed by atoms with van der Waals surface area (Å²) in [7, 11) is 0. The maximum absolute atomic E-state index is 13.2. The Morgan fingerprint density at radius 1 is 1.04 bits per heavy atom. The smallest absolute Gasteiger partial charge is 0.264 e. The van der Waals surface area contributed by atoms with Crippen LogP contribution in [0.2, 0.25) is 0 Å². The van der Waals surface area contributed by atoms with Crippen LogP contribution in [-0.4, -0.2) is 23.4 Å². The number of amides is 1. The summed E-state index contributed by atoms with van der Waals surface area (Å²) in [6.07, 6.45) is 15.1.